The van der Waals surface area contributed by atoms with Crippen molar-refractivity contribution in [2.75, 3.05) is 0 Å². The molecule has 45 heavy (non-hydrogen) atoms. The first-order chi connectivity index (χ1) is 21.5. The number of unbranched alkanes of at least 4 members (excludes halogenated alkanes) is 10. The molecule has 6 heteroatoms. The topological polar surface area (TPSA) is 44.8 Å². The molecule has 0 aromatic heterocycles. The first-order valence-electron chi connectivity index (χ1n) is 17.7. The molecule has 248 valence electrons. The molecule has 0 amide bonds. The SMILES string of the molecule is CCCCCCCC[Si](C)(C)Oc1cc(C(=O)Oc2ccccc2C)c(O[Si](C)(C)CCCCCCCC)c2ccc(C)cc12. The summed E-state index contributed by atoms with van der Waals surface area (Å²) >= 11 is 0. The molecule has 0 saturated carbocycles. The van der Waals surface area contributed by atoms with Gasteiger partial charge in [-0.05, 0) is 75.9 Å². The minimum atomic E-state index is -2.16. The predicted octanol–water partition coefficient (Wildman–Crippen LogP) is 12.6. The maximum atomic E-state index is 14.0. The van der Waals surface area contributed by atoms with Gasteiger partial charge < -0.3 is 13.6 Å². The highest BCUT2D eigenvalue weighted by molar-refractivity contribution is 6.72. The lowest BCUT2D eigenvalue weighted by molar-refractivity contribution is 0.0731. The maximum absolute atomic E-state index is 14.0. The molecule has 4 nitrogen and oxygen atoms in total. The summed E-state index contributed by atoms with van der Waals surface area (Å²) in [7, 11) is -4.23. The van der Waals surface area contributed by atoms with E-state index in [0.29, 0.717) is 17.1 Å². The van der Waals surface area contributed by atoms with Gasteiger partial charge in [0.25, 0.3) is 0 Å². The van der Waals surface area contributed by atoms with E-state index in [9.17, 15) is 4.79 Å². The van der Waals surface area contributed by atoms with E-state index in [0.717, 1.165) is 46.2 Å². The first-order valence-corrected chi connectivity index (χ1v) is 23.9. The summed E-state index contributed by atoms with van der Waals surface area (Å²) in [6, 6.07) is 18.1. The van der Waals surface area contributed by atoms with E-state index in [1.54, 1.807) is 0 Å². The molecule has 0 fully saturated rings. The Morgan fingerprint density at radius 1 is 0.622 bits per heavy atom. The monoisotopic (exact) mass is 648 g/mol. The van der Waals surface area contributed by atoms with Crippen molar-refractivity contribution in [2.45, 2.75) is 143 Å². The third kappa shape index (κ3) is 11.9. The highest BCUT2D eigenvalue weighted by atomic mass is 28.4. The van der Waals surface area contributed by atoms with E-state index in [1.165, 1.54) is 70.6 Å². The summed E-state index contributed by atoms with van der Waals surface area (Å²) in [5, 5.41) is 1.95. The number of para-hydroxylation sites is 1. The molecule has 0 aliphatic rings. The van der Waals surface area contributed by atoms with Crippen LogP contribution in [0.4, 0.5) is 0 Å². The Labute approximate surface area is 276 Å². The van der Waals surface area contributed by atoms with Gasteiger partial charge in [-0.1, -0.05) is 127 Å². The molecule has 0 saturated heterocycles. The largest absolute Gasteiger partial charge is 0.544 e. The number of carbonyl (C=O) groups excluding carboxylic acids is 1. The Kier molecular flexibility index (Phi) is 14.7. The van der Waals surface area contributed by atoms with Crippen molar-refractivity contribution in [3.8, 4) is 17.2 Å². The molecule has 0 aliphatic heterocycles. The molecule has 3 aromatic rings. The van der Waals surface area contributed by atoms with Crippen LogP contribution in [0, 0.1) is 13.8 Å². The number of benzene rings is 3. The van der Waals surface area contributed by atoms with Crippen molar-refractivity contribution in [1.82, 2.24) is 0 Å². The average molecular weight is 649 g/mol. The van der Waals surface area contributed by atoms with E-state index in [4.69, 9.17) is 13.6 Å². The van der Waals surface area contributed by atoms with E-state index >= 15 is 0 Å². The van der Waals surface area contributed by atoms with Crippen LogP contribution >= 0.6 is 0 Å². The van der Waals surface area contributed by atoms with Crippen molar-refractivity contribution in [3.05, 3.63) is 65.2 Å². The second-order valence-electron chi connectivity index (χ2n) is 14.2. The number of fused-ring (bicyclic) bond motifs is 1. The Morgan fingerprint density at radius 3 is 1.78 bits per heavy atom. The van der Waals surface area contributed by atoms with Gasteiger partial charge in [0.05, 0.1) is 0 Å². The molecule has 0 atom stereocenters. The molecule has 0 bridgehead atoms. The molecule has 0 spiro atoms. The number of esters is 1. The molecule has 0 heterocycles. The highest BCUT2D eigenvalue weighted by Gasteiger charge is 2.31. The van der Waals surface area contributed by atoms with Crippen LogP contribution < -0.4 is 13.6 Å². The zero-order valence-corrected chi connectivity index (χ0v) is 31.7. The van der Waals surface area contributed by atoms with E-state index in [2.05, 4.69) is 65.2 Å². The standard InChI is InChI=1S/C39H60O4Si2/c1-9-11-13-15-17-21-27-44(5,6)42-37-30-35(39(40)41-36-24-20-19-23-32(36)4)38(33-26-25-31(3)29-34(33)37)43-45(7,8)28-22-18-16-14-12-10-2/h19-20,23-26,29-30H,9-18,21-22,27-28H2,1-8H3. The van der Waals surface area contributed by atoms with Crippen LogP contribution in [0.1, 0.15) is 112 Å². The van der Waals surface area contributed by atoms with Gasteiger partial charge in [-0.2, -0.15) is 0 Å². The quantitative estimate of drug-likeness (QED) is 0.0529. The van der Waals surface area contributed by atoms with Crippen molar-refractivity contribution in [2.24, 2.45) is 0 Å². The average Bonchev–Trinajstić information content (AvgIpc) is 2.98. The van der Waals surface area contributed by atoms with Crippen LogP contribution in [0.15, 0.2) is 48.5 Å². The zero-order valence-electron chi connectivity index (χ0n) is 29.7. The van der Waals surface area contributed by atoms with Crippen molar-refractivity contribution < 1.29 is 18.4 Å². The Morgan fingerprint density at radius 2 is 1.18 bits per heavy atom. The summed E-state index contributed by atoms with van der Waals surface area (Å²) in [6.45, 7) is 17.7. The molecule has 3 rings (SSSR count). The number of hydrogen-bond acceptors (Lipinski definition) is 4. The Bertz CT molecular complexity index is 1360. The first kappa shape index (κ1) is 36.9. The van der Waals surface area contributed by atoms with E-state index < -0.39 is 22.6 Å². The summed E-state index contributed by atoms with van der Waals surface area (Å²) in [4.78, 5) is 14.0. The summed E-state index contributed by atoms with van der Waals surface area (Å²) in [6.07, 6.45) is 15.2. The van der Waals surface area contributed by atoms with Crippen LogP contribution in [0.2, 0.25) is 38.3 Å². The third-order valence-electron chi connectivity index (χ3n) is 8.75. The molecule has 0 N–H and O–H groups in total. The van der Waals surface area contributed by atoms with Gasteiger partial charge in [-0.25, -0.2) is 4.79 Å². The van der Waals surface area contributed by atoms with Crippen molar-refractivity contribution in [3.63, 3.8) is 0 Å². The third-order valence-corrected chi connectivity index (χ3v) is 13.4. The highest BCUT2D eigenvalue weighted by Crippen LogP contribution is 2.41. The lowest BCUT2D eigenvalue weighted by atomic mass is 10.0. The minimum absolute atomic E-state index is 0.397. The Balaban J connectivity index is 1.98. The van der Waals surface area contributed by atoms with Gasteiger partial charge >= 0.3 is 5.97 Å². The van der Waals surface area contributed by atoms with E-state index in [1.807, 2.05) is 37.3 Å². The summed E-state index contributed by atoms with van der Waals surface area (Å²) in [5.41, 5.74) is 2.54. The maximum Gasteiger partial charge on any atom is 0.347 e. The number of rotatable bonds is 20. The van der Waals surface area contributed by atoms with Gasteiger partial charge in [0, 0.05) is 10.8 Å². The molecule has 3 aromatic carbocycles. The second kappa shape index (κ2) is 17.9. The van der Waals surface area contributed by atoms with Gasteiger partial charge in [0.15, 0.2) is 0 Å². The van der Waals surface area contributed by atoms with Gasteiger partial charge in [0.1, 0.15) is 22.8 Å². The number of hydrogen-bond donors (Lipinski definition) is 0. The fourth-order valence-corrected chi connectivity index (χ4v) is 9.93. The summed E-state index contributed by atoms with van der Waals surface area (Å²) < 4.78 is 20.0. The van der Waals surface area contributed by atoms with Crippen molar-refractivity contribution in [1.29, 1.82) is 0 Å². The fraction of sp³-hybridized carbons (Fsp3) is 0.564. The van der Waals surface area contributed by atoms with Gasteiger partial charge in [-0.3, -0.25) is 0 Å². The van der Waals surface area contributed by atoms with Crippen LogP contribution in [0.5, 0.6) is 17.2 Å². The van der Waals surface area contributed by atoms with Crippen LogP contribution in [-0.4, -0.2) is 22.6 Å². The fourth-order valence-electron chi connectivity index (χ4n) is 5.99. The van der Waals surface area contributed by atoms with Gasteiger partial charge in [-0.15, -0.1) is 0 Å². The molecular formula is C39H60O4Si2. The van der Waals surface area contributed by atoms with Crippen LogP contribution in [0.3, 0.4) is 0 Å². The molecule has 0 radical (unpaired) electrons. The predicted molar refractivity (Wildman–Crippen MR) is 197 cm³/mol. The molecule has 0 unspecified atom stereocenters. The Hall–Kier alpha value is -2.58. The summed E-state index contributed by atoms with van der Waals surface area (Å²) in [5.74, 6) is 1.59. The smallest absolute Gasteiger partial charge is 0.347 e. The number of ether oxygens (including phenoxy) is 1. The van der Waals surface area contributed by atoms with E-state index in [-0.39, 0.29) is 0 Å². The minimum Gasteiger partial charge on any atom is -0.544 e. The number of carbonyl (C=O) groups is 1. The lowest BCUT2D eigenvalue weighted by Gasteiger charge is -2.29. The van der Waals surface area contributed by atoms with Gasteiger partial charge in [0.2, 0.25) is 16.6 Å². The number of aryl methyl sites for hydroxylation is 2. The lowest BCUT2D eigenvalue weighted by Crippen LogP contribution is -2.35. The van der Waals surface area contributed by atoms with Crippen molar-refractivity contribution >= 4 is 33.4 Å². The molecular weight excluding hydrogens is 589 g/mol. The normalized spacial score (nSPS) is 12.0. The molecule has 0 aliphatic carbocycles. The van der Waals surface area contributed by atoms with Crippen LogP contribution in [0.25, 0.3) is 10.8 Å². The van der Waals surface area contributed by atoms with Crippen LogP contribution in [-0.2, 0) is 0 Å². The zero-order chi connectivity index (χ0) is 32.9. The second-order valence-corrected chi connectivity index (χ2v) is 22.7.